The molecule has 1 fully saturated rings. The number of halogens is 1. The van der Waals surface area contributed by atoms with Crippen LogP contribution in [0.2, 0.25) is 5.02 Å². The predicted octanol–water partition coefficient (Wildman–Crippen LogP) is 5.85. The van der Waals surface area contributed by atoms with Crippen molar-refractivity contribution in [3.05, 3.63) is 93.1 Å². The molecule has 214 valence electrons. The summed E-state index contributed by atoms with van der Waals surface area (Å²) in [5.41, 5.74) is 3.42. The van der Waals surface area contributed by atoms with Crippen LogP contribution in [0.4, 0.5) is 0 Å². The zero-order valence-electron chi connectivity index (χ0n) is 23.0. The zero-order valence-corrected chi connectivity index (χ0v) is 24.6. The number of carbonyl (C=O) groups is 3. The molecule has 3 heterocycles. The number of nitrogens with zero attached hydrogens (tertiary/aromatic N) is 3. The number of allylic oxidation sites excluding steroid dienone is 1. The van der Waals surface area contributed by atoms with E-state index >= 15 is 0 Å². The summed E-state index contributed by atoms with van der Waals surface area (Å²) in [6.45, 7) is 4.97. The molecule has 10 heteroatoms. The van der Waals surface area contributed by atoms with E-state index in [4.69, 9.17) is 26.1 Å². The highest BCUT2D eigenvalue weighted by Crippen LogP contribution is 2.45. The molecule has 2 aromatic carbocycles. The molecule has 0 saturated carbocycles. The van der Waals surface area contributed by atoms with E-state index in [1.54, 1.807) is 30.9 Å². The quantitative estimate of drug-likeness (QED) is 0.355. The second-order valence-corrected chi connectivity index (χ2v) is 11.4. The van der Waals surface area contributed by atoms with Crippen molar-refractivity contribution in [3.63, 3.8) is 0 Å². The molecule has 1 amide bonds. The molecule has 2 aromatic rings. The van der Waals surface area contributed by atoms with Crippen LogP contribution in [0.15, 0.2) is 82.0 Å². The SMILES string of the molecule is CCOC(=O)[C@H]1CCCN(C(=O)CC2=CSC3=NC(C)=C(C(=O)OCc4ccccc4)[C@H](c4ccc(Cl)cc4)N23)C1. The standard InChI is InChI=1S/C31H32ClN3O5S/c1-3-39-29(37)23-10-7-15-34(17-23)26(36)16-25-19-41-31-33-20(2)27(30(38)40-18-21-8-5-4-6-9-21)28(35(25)31)22-11-13-24(32)14-12-22/h4-6,8-9,11-14,19,23,28H,3,7,10,15-18H2,1-2H3/t23-,28-/m0/s1. The molecule has 1 saturated heterocycles. The van der Waals surface area contributed by atoms with E-state index in [-0.39, 0.29) is 30.8 Å². The maximum Gasteiger partial charge on any atom is 0.338 e. The van der Waals surface area contributed by atoms with E-state index in [0.717, 1.165) is 23.2 Å². The van der Waals surface area contributed by atoms with Gasteiger partial charge in [-0.1, -0.05) is 65.8 Å². The maximum absolute atomic E-state index is 13.6. The van der Waals surface area contributed by atoms with Crippen molar-refractivity contribution in [2.45, 2.75) is 45.8 Å². The van der Waals surface area contributed by atoms with E-state index in [0.29, 0.717) is 47.6 Å². The van der Waals surface area contributed by atoms with Gasteiger partial charge in [-0.15, -0.1) is 0 Å². The normalized spacial score (nSPS) is 20.3. The average molecular weight is 594 g/mol. The van der Waals surface area contributed by atoms with E-state index in [2.05, 4.69) is 0 Å². The first-order valence-corrected chi connectivity index (χ1v) is 15.0. The fourth-order valence-electron chi connectivity index (χ4n) is 5.32. The number of amidine groups is 1. The topological polar surface area (TPSA) is 88.5 Å². The van der Waals surface area contributed by atoms with Gasteiger partial charge in [0.05, 0.1) is 36.3 Å². The van der Waals surface area contributed by atoms with Crippen LogP contribution >= 0.6 is 23.4 Å². The van der Waals surface area contributed by atoms with Gasteiger partial charge in [-0.05, 0) is 55.4 Å². The third-order valence-electron chi connectivity index (χ3n) is 7.35. The van der Waals surface area contributed by atoms with Crippen LogP contribution in [0.3, 0.4) is 0 Å². The monoisotopic (exact) mass is 593 g/mol. The molecular weight excluding hydrogens is 562 g/mol. The van der Waals surface area contributed by atoms with Gasteiger partial charge in [-0.2, -0.15) is 0 Å². The Morgan fingerprint density at radius 2 is 1.83 bits per heavy atom. The highest BCUT2D eigenvalue weighted by Gasteiger charge is 2.42. The number of likely N-dealkylation sites (tertiary alicyclic amines) is 1. The Morgan fingerprint density at radius 1 is 1.07 bits per heavy atom. The Kier molecular flexibility index (Phi) is 9.15. The first-order valence-electron chi connectivity index (χ1n) is 13.7. The Balaban J connectivity index is 1.39. The van der Waals surface area contributed by atoms with Gasteiger partial charge < -0.3 is 19.3 Å². The van der Waals surface area contributed by atoms with E-state index in [1.165, 1.54) is 11.8 Å². The first-order chi connectivity index (χ1) is 19.9. The number of fused-ring (bicyclic) bond motifs is 1. The van der Waals surface area contributed by atoms with Crippen molar-refractivity contribution >= 4 is 46.4 Å². The maximum atomic E-state index is 13.6. The number of aliphatic imine (C=N–C) groups is 1. The number of benzene rings is 2. The van der Waals surface area contributed by atoms with Crippen molar-refractivity contribution in [2.75, 3.05) is 19.7 Å². The summed E-state index contributed by atoms with van der Waals surface area (Å²) in [5, 5.41) is 3.18. The third-order valence-corrected chi connectivity index (χ3v) is 8.49. The number of carbonyl (C=O) groups excluding carboxylic acids is 3. The summed E-state index contributed by atoms with van der Waals surface area (Å²) >= 11 is 7.63. The van der Waals surface area contributed by atoms with Gasteiger partial charge in [0.25, 0.3) is 0 Å². The molecule has 41 heavy (non-hydrogen) atoms. The Labute approximate surface area is 249 Å². The van der Waals surface area contributed by atoms with Gasteiger partial charge >= 0.3 is 11.9 Å². The molecule has 2 atom stereocenters. The highest BCUT2D eigenvalue weighted by molar-refractivity contribution is 8.16. The minimum absolute atomic E-state index is 0.0820. The van der Waals surface area contributed by atoms with Crippen LogP contribution < -0.4 is 0 Å². The van der Waals surface area contributed by atoms with Crippen LogP contribution in [0.1, 0.15) is 50.3 Å². The van der Waals surface area contributed by atoms with Gasteiger partial charge in [0.15, 0.2) is 5.17 Å². The van der Waals surface area contributed by atoms with Crippen molar-refractivity contribution in [1.82, 2.24) is 9.80 Å². The smallest absolute Gasteiger partial charge is 0.338 e. The lowest BCUT2D eigenvalue weighted by atomic mass is 9.93. The van der Waals surface area contributed by atoms with Crippen LogP contribution in [-0.2, 0) is 30.5 Å². The number of hydrogen-bond donors (Lipinski definition) is 0. The Hall–Kier alpha value is -3.56. The molecular formula is C31H32ClN3O5S. The Morgan fingerprint density at radius 3 is 2.56 bits per heavy atom. The molecule has 3 aliphatic rings. The third kappa shape index (κ3) is 6.52. The Bertz CT molecular complexity index is 1410. The van der Waals surface area contributed by atoms with Crippen LogP contribution in [-0.4, -0.2) is 52.5 Å². The summed E-state index contributed by atoms with van der Waals surface area (Å²) in [4.78, 5) is 47.9. The van der Waals surface area contributed by atoms with Crippen LogP contribution in [0.5, 0.6) is 0 Å². The largest absolute Gasteiger partial charge is 0.466 e. The van der Waals surface area contributed by atoms with Gasteiger partial charge in [-0.3, -0.25) is 9.59 Å². The van der Waals surface area contributed by atoms with Crippen molar-refractivity contribution < 1.29 is 23.9 Å². The number of hydrogen-bond acceptors (Lipinski definition) is 8. The van der Waals surface area contributed by atoms with E-state index < -0.39 is 12.0 Å². The fourth-order valence-corrected chi connectivity index (χ4v) is 6.41. The molecule has 8 nitrogen and oxygen atoms in total. The summed E-state index contributed by atoms with van der Waals surface area (Å²) in [5.74, 6) is -1.12. The van der Waals surface area contributed by atoms with Gasteiger partial charge in [0.2, 0.25) is 5.91 Å². The molecule has 0 N–H and O–H groups in total. The number of piperidine rings is 1. The number of thioether (sulfide) groups is 1. The summed E-state index contributed by atoms with van der Waals surface area (Å²) < 4.78 is 11.0. The minimum Gasteiger partial charge on any atom is -0.466 e. The lowest BCUT2D eigenvalue weighted by molar-refractivity contribution is -0.151. The molecule has 0 aromatic heterocycles. The molecule has 5 rings (SSSR count). The second-order valence-electron chi connectivity index (χ2n) is 10.1. The second kappa shape index (κ2) is 13.0. The van der Waals surface area contributed by atoms with E-state index in [9.17, 15) is 14.4 Å². The lowest BCUT2D eigenvalue weighted by Crippen LogP contribution is -2.44. The molecule has 0 unspecified atom stereocenters. The molecule has 0 radical (unpaired) electrons. The average Bonchev–Trinajstić information content (AvgIpc) is 3.38. The van der Waals surface area contributed by atoms with E-state index in [1.807, 2.05) is 52.8 Å². The van der Waals surface area contributed by atoms with Crippen molar-refractivity contribution in [1.29, 1.82) is 0 Å². The lowest BCUT2D eigenvalue weighted by Gasteiger charge is -2.37. The first kappa shape index (κ1) is 29.0. The van der Waals surface area contributed by atoms with Crippen LogP contribution in [0, 0.1) is 5.92 Å². The predicted molar refractivity (Wildman–Crippen MR) is 159 cm³/mol. The molecule has 3 aliphatic heterocycles. The van der Waals surface area contributed by atoms with Gasteiger partial charge in [0.1, 0.15) is 6.61 Å². The fraction of sp³-hybridized carbons (Fsp3) is 0.355. The summed E-state index contributed by atoms with van der Waals surface area (Å²) in [6.07, 6.45) is 1.56. The van der Waals surface area contributed by atoms with Crippen LogP contribution in [0.25, 0.3) is 0 Å². The minimum atomic E-state index is -0.550. The molecule has 0 aliphatic carbocycles. The van der Waals surface area contributed by atoms with Crippen molar-refractivity contribution in [3.8, 4) is 0 Å². The number of ether oxygens (including phenoxy) is 2. The number of rotatable bonds is 8. The molecule has 0 bridgehead atoms. The van der Waals surface area contributed by atoms with Gasteiger partial charge in [-0.25, -0.2) is 9.79 Å². The summed E-state index contributed by atoms with van der Waals surface area (Å²) in [7, 11) is 0. The number of esters is 2. The molecule has 0 spiro atoms. The highest BCUT2D eigenvalue weighted by atomic mass is 35.5. The zero-order chi connectivity index (χ0) is 28.9. The number of amides is 1. The summed E-state index contributed by atoms with van der Waals surface area (Å²) in [6, 6.07) is 16.3. The van der Waals surface area contributed by atoms with Gasteiger partial charge in [0, 0.05) is 23.8 Å². The van der Waals surface area contributed by atoms with Crippen molar-refractivity contribution in [2.24, 2.45) is 10.9 Å².